The molecule has 3 N–H and O–H groups in total. The molecule has 1 amide bonds. The summed E-state index contributed by atoms with van der Waals surface area (Å²) >= 11 is 0. The highest BCUT2D eigenvalue weighted by atomic mass is 16.2. The summed E-state index contributed by atoms with van der Waals surface area (Å²) in [5, 5.41) is 0. The molecule has 0 atom stereocenters. The minimum Gasteiger partial charge on any atom is -0.359 e. The standard InChI is InChI=1S/C26H29N5O/c1-16-11-17(2)30-23(16)13-22-21-8-5-19(24-14-28-9-10-29-24)12-25(21)31(26(22)32)15-18-3-6-20(27)7-4-18/h5,8-14,18,20,30H,3-4,6-7,15,27H2,1-2H3/b22-13-. The van der Waals surface area contributed by atoms with Crippen LogP contribution < -0.4 is 10.6 Å². The molecule has 0 unspecified atom stereocenters. The Balaban J connectivity index is 1.56. The van der Waals surface area contributed by atoms with Crippen LogP contribution in [0.4, 0.5) is 5.69 Å². The third kappa shape index (κ3) is 3.86. The van der Waals surface area contributed by atoms with Gasteiger partial charge in [-0.3, -0.25) is 14.8 Å². The zero-order chi connectivity index (χ0) is 22.2. The lowest BCUT2D eigenvalue weighted by atomic mass is 9.86. The van der Waals surface area contributed by atoms with Gasteiger partial charge in [0.2, 0.25) is 0 Å². The van der Waals surface area contributed by atoms with Crippen molar-refractivity contribution in [3.63, 3.8) is 0 Å². The normalized spacial score (nSPS) is 21.9. The fraction of sp³-hybridized carbons (Fsp3) is 0.346. The topological polar surface area (TPSA) is 87.9 Å². The van der Waals surface area contributed by atoms with Gasteiger partial charge in [0.25, 0.3) is 5.91 Å². The van der Waals surface area contributed by atoms with Gasteiger partial charge in [-0.05, 0) is 69.2 Å². The number of rotatable bonds is 4. The van der Waals surface area contributed by atoms with E-state index in [1.165, 1.54) is 0 Å². The molecule has 2 aromatic heterocycles. The second-order valence-electron chi connectivity index (χ2n) is 9.13. The summed E-state index contributed by atoms with van der Waals surface area (Å²) in [7, 11) is 0. The number of aryl methyl sites for hydroxylation is 2. The van der Waals surface area contributed by atoms with Gasteiger partial charge in [0.15, 0.2) is 0 Å². The lowest BCUT2D eigenvalue weighted by Gasteiger charge is -2.30. The van der Waals surface area contributed by atoms with Crippen LogP contribution in [0.3, 0.4) is 0 Å². The van der Waals surface area contributed by atoms with Gasteiger partial charge in [-0.15, -0.1) is 0 Å². The van der Waals surface area contributed by atoms with Crippen molar-refractivity contribution in [1.82, 2.24) is 15.0 Å². The number of fused-ring (bicyclic) bond motifs is 1. The molecule has 3 heterocycles. The fourth-order valence-electron chi connectivity index (χ4n) is 4.95. The van der Waals surface area contributed by atoms with Crippen molar-refractivity contribution in [3.05, 3.63) is 65.4 Å². The molecule has 1 fully saturated rings. The average Bonchev–Trinajstić information content (AvgIpc) is 3.26. The molecular weight excluding hydrogens is 398 g/mol. The van der Waals surface area contributed by atoms with Gasteiger partial charge in [-0.1, -0.05) is 12.1 Å². The maximum atomic E-state index is 13.7. The van der Waals surface area contributed by atoms with E-state index in [1.807, 2.05) is 30.0 Å². The van der Waals surface area contributed by atoms with Crippen molar-refractivity contribution in [2.75, 3.05) is 11.4 Å². The first-order valence-electron chi connectivity index (χ1n) is 11.4. The number of nitrogens with two attached hydrogens (primary N) is 1. The number of hydrogen-bond acceptors (Lipinski definition) is 4. The molecule has 5 rings (SSSR count). The van der Waals surface area contributed by atoms with E-state index in [9.17, 15) is 4.79 Å². The summed E-state index contributed by atoms with van der Waals surface area (Å²) in [6.45, 7) is 4.83. The minimum atomic E-state index is 0.0674. The highest BCUT2D eigenvalue weighted by molar-refractivity contribution is 6.36. The maximum absolute atomic E-state index is 13.7. The molecular formula is C26H29N5O. The number of H-pyrrole nitrogens is 1. The van der Waals surface area contributed by atoms with E-state index < -0.39 is 0 Å². The van der Waals surface area contributed by atoms with Crippen LogP contribution in [0.2, 0.25) is 0 Å². The Kier molecular flexibility index (Phi) is 5.39. The summed E-state index contributed by atoms with van der Waals surface area (Å²) in [6, 6.07) is 8.56. The lowest BCUT2D eigenvalue weighted by Crippen LogP contribution is -2.36. The predicted octanol–water partition coefficient (Wildman–Crippen LogP) is 4.49. The monoisotopic (exact) mass is 427 g/mol. The largest absolute Gasteiger partial charge is 0.359 e. The van der Waals surface area contributed by atoms with Gasteiger partial charge in [0, 0.05) is 47.5 Å². The van der Waals surface area contributed by atoms with Crippen molar-refractivity contribution in [2.45, 2.75) is 45.6 Å². The quantitative estimate of drug-likeness (QED) is 0.601. The summed E-state index contributed by atoms with van der Waals surface area (Å²) < 4.78 is 0. The first-order valence-corrected chi connectivity index (χ1v) is 11.4. The van der Waals surface area contributed by atoms with Crippen LogP contribution in [-0.4, -0.2) is 33.4 Å². The van der Waals surface area contributed by atoms with Crippen LogP contribution in [0, 0.1) is 19.8 Å². The molecule has 3 aromatic rings. The summed E-state index contributed by atoms with van der Waals surface area (Å²) in [6.07, 6.45) is 11.3. The van der Waals surface area contributed by atoms with Gasteiger partial charge < -0.3 is 15.6 Å². The molecule has 6 nitrogen and oxygen atoms in total. The smallest absolute Gasteiger partial charge is 0.259 e. The third-order valence-corrected chi connectivity index (χ3v) is 6.72. The Labute approximate surface area is 188 Å². The third-order valence-electron chi connectivity index (χ3n) is 6.72. The van der Waals surface area contributed by atoms with Crippen molar-refractivity contribution in [2.24, 2.45) is 11.7 Å². The Morgan fingerprint density at radius 3 is 2.66 bits per heavy atom. The van der Waals surface area contributed by atoms with Crippen molar-refractivity contribution in [3.8, 4) is 11.3 Å². The number of nitrogens with zero attached hydrogens (tertiary/aromatic N) is 3. The van der Waals surface area contributed by atoms with Crippen LogP contribution in [0.5, 0.6) is 0 Å². The number of benzene rings is 1. The number of nitrogens with one attached hydrogen (secondary N) is 1. The number of carbonyl (C=O) groups excluding carboxylic acids is 1. The molecule has 1 aliphatic carbocycles. The predicted molar refractivity (Wildman–Crippen MR) is 128 cm³/mol. The van der Waals surface area contributed by atoms with E-state index >= 15 is 0 Å². The molecule has 32 heavy (non-hydrogen) atoms. The number of hydrogen-bond donors (Lipinski definition) is 2. The lowest BCUT2D eigenvalue weighted by molar-refractivity contribution is -0.113. The Bertz CT molecular complexity index is 1170. The maximum Gasteiger partial charge on any atom is 0.259 e. The number of amides is 1. The van der Waals surface area contributed by atoms with Crippen LogP contribution >= 0.6 is 0 Å². The van der Waals surface area contributed by atoms with Crippen molar-refractivity contribution < 1.29 is 4.79 Å². The van der Waals surface area contributed by atoms with E-state index in [2.05, 4.69) is 34.0 Å². The zero-order valence-electron chi connectivity index (χ0n) is 18.6. The van der Waals surface area contributed by atoms with Gasteiger partial charge in [0.1, 0.15) is 0 Å². The molecule has 0 bridgehead atoms. The van der Waals surface area contributed by atoms with Gasteiger partial charge in [0.05, 0.1) is 23.2 Å². The number of aromatic amines is 1. The molecule has 1 aliphatic heterocycles. The molecule has 0 radical (unpaired) electrons. The molecule has 1 aromatic carbocycles. The summed E-state index contributed by atoms with van der Waals surface area (Å²) in [4.78, 5) is 27.7. The second kappa shape index (κ2) is 8.36. The Morgan fingerprint density at radius 2 is 1.97 bits per heavy atom. The van der Waals surface area contributed by atoms with Gasteiger partial charge in [-0.25, -0.2) is 0 Å². The van der Waals surface area contributed by atoms with Crippen LogP contribution in [0.15, 0.2) is 42.9 Å². The number of aromatic nitrogens is 3. The second-order valence-corrected chi connectivity index (χ2v) is 9.13. The SMILES string of the molecule is Cc1cc(C)c(/C=C2\C(=O)N(CC3CCC(N)CC3)c3cc(-c4cnccn4)ccc32)[nH]1. The molecule has 164 valence electrons. The van der Waals surface area contributed by atoms with Gasteiger partial charge >= 0.3 is 0 Å². The number of carbonyl (C=O) groups is 1. The average molecular weight is 428 g/mol. The highest BCUT2D eigenvalue weighted by Crippen LogP contribution is 2.41. The van der Waals surface area contributed by atoms with Crippen LogP contribution in [-0.2, 0) is 4.79 Å². The Morgan fingerprint density at radius 1 is 1.16 bits per heavy atom. The molecule has 0 spiro atoms. The Hall–Kier alpha value is -3.25. The van der Waals surface area contributed by atoms with E-state index in [-0.39, 0.29) is 5.91 Å². The van der Waals surface area contributed by atoms with E-state index in [1.54, 1.807) is 18.6 Å². The first-order chi connectivity index (χ1) is 15.5. The van der Waals surface area contributed by atoms with E-state index in [4.69, 9.17) is 5.73 Å². The van der Waals surface area contributed by atoms with Gasteiger partial charge in [-0.2, -0.15) is 0 Å². The molecule has 0 saturated heterocycles. The fourth-order valence-corrected chi connectivity index (χ4v) is 4.95. The van der Waals surface area contributed by atoms with Crippen LogP contribution in [0.1, 0.15) is 48.2 Å². The highest BCUT2D eigenvalue weighted by Gasteiger charge is 2.35. The molecule has 2 aliphatic rings. The first kappa shape index (κ1) is 20.6. The summed E-state index contributed by atoms with van der Waals surface area (Å²) in [5.74, 6) is 0.540. The zero-order valence-corrected chi connectivity index (χ0v) is 18.6. The van der Waals surface area contributed by atoms with E-state index in [0.29, 0.717) is 12.0 Å². The van der Waals surface area contributed by atoms with E-state index in [0.717, 1.165) is 77.3 Å². The number of anilines is 1. The minimum absolute atomic E-state index is 0.0674. The van der Waals surface area contributed by atoms with Crippen LogP contribution in [0.25, 0.3) is 22.9 Å². The van der Waals surface area contributed by atoms with Crippen molar-refractivity contribution >= 4 is 23.2 Å². The molecule has 6 heteroatoms. The summed E-state index contributed by atoms with van der Waals surface area (Å²) in [5.41, 5.74) is 13.8. The van der Waals surface area contributed by atoms with Crippen molar-refractivity contribution in [1.29, 1.82) is 0 Å². The molecule has 1 saturated carbocycles.